The predicted molar refractivity (Wildman–Crippen MR) is 92.9 cm³/mol. The Bertz CT molecular complexity index is 611. The number of esters is 1. The Labute approximate surface area is 135 Å². The van der Waals surface area contributed by atoms with Crippen LogP contribution in [0.1, 0.15) is 34.8 Å². The van der Waals surface area contributed by atoms with E-state index in [1.165, 1.54) is 5.56 Å². The van der Waals surface area contributed by atoms with Crippen molar-refractivity contribution in [2.45, 2.75) is 24.9 Å². The van der Waals surface area contributed by atoms with Gasteiger partial charge in [0.05, 0.1) is 12.2 Å². The second-order valence-corrected chi connectivity index (χ2v) is 6.06. The number of hydrogen-bond acceptors (Lipinski definition) is 4. The number of carbonyl (C=O) groups excluding carboxylic acids is 1. The lowest BCUT2D eigenvalue weighted by Crippen LogP contribution is -2.06. The van der Waals surface area contributed by atoms with Gasteiger partial charge >= 0.3 is 5.97 Å². The maximum atomic E-state index is 11.8. The summed E-state index contributed by atoms with van der Waals surface area (Å²) in [5, 5.41) is 0. The Morgan fingerprint density at radius 2 is 1.82 bits per heavy atom. The Morgan fingerprint density at radius 3 is 2.55 bits per heavy atom. The molecule has 0 saturated carbocycles. The molecule has 22 heavy (non-hydrogen) atoms. The number of ether oxygens (including phenoxy) is 1. The van der Waals surface area contributed by atoms with Crippen molar-refractivity contribution in [1.82, 2.24) is 0 Å². The lowest BCUT2D eigenvalue weighted by atomic mass is 10.1. The number of thioether (sulfide) groups is 1. The maximum Gasteiger partial charge on any atom is 0.338 e. The molecule has 0 fully saturated rings. The van der Waals surface area contributed by atoms with Crippen LogP contribution < -0.4 is 5.73 Å². The van der Waals surface area contributed by atoms with Crippen LogP contribution in [0.4, 0.5) is 5.69 Å². The van der Waals surface area contributed by atoms with Gasteiger partial charge in [-0.15, -0.1) is 0 Å². The van der Waals surface area contributed by atoms with E-state index in [0.29, 0.717) is 12.2 Å². The van der Waals surface area contributed by atoms with Crippen LogP contribution in [0.3, 0.4) is 0 Å². The van der Waals surface area contributed by atoms with Crippen LogP contribution in [-0.4, -0.2) is 12.6 Å². The summed E-state index contributed by atoms with van der Waals surface area (Å²) in [6.45, 7) is 2.45. The zero-order valence-electron chi connectivity index (χ0n) is 12.7. The third-order valence-corrected chi connectivity index (χ3v) is 4.19. The van der Waals surface area contributed by atoms with E-state index in [1.807, 2.05) is 61.2 Å². The molecule has 0 atom stereocenters. The fraction of sp³-hybridized carbons (Fsp3) is 0.278. The summed E-state index contributed by atoms with van der Waals surface area (Å²) in [6, 6.07) is 15.6. The monoisotopic (exact) mass is 315 g/mol. The van der Waals surface area contributed by atoms with Gasteiger partial charge in [-0.1, -0.05) is 31.2 Å². The largest absolute Gasteiger partial charge is 0.462 e. The molecule has 0 radical (unpaired) electrons. The standard InChI is InChI=1S/C18H21NO2S/c1-2-10-21-18(20)16-5-3-4-15(11-16)13-22-12-14-6-8-17(19)9-7-14/h3-9,11H,2,10,12-13,19H2,1H3. The maximum absolute atomic E-state index is 11.8. The van der Waals surface area contributed by atoms with Gasteiger partial charge in [-0.05, 0) is 41.8 Å². The molecule has 2 aromatic carbocycles. The van der Waals surface area contributed by atoms with Crippen LogP contribution in [0.5, 0.6) is 0 Å². The summed E-state index contributed by atoms with van der Waals surface area (Å²) >= 11 is 1.81. The van der Waals surface area contributed by atoms with Gasteiger partial charge in [-0.25, -0.2) is 4.79 Å². The highest BCUT2D eigenvalue weighted by Gasteiger charge is 2.07. The second kappa shape index (κ2) is 8.49. The van der Waals surface area contributed by atoms with Gasteiger partial charge in [-0.3, -0.25) is 0 Å². The van der Waals surface area contributed by atoms with E-state index in [-0.39, 0.29) is 5.97 Å². The molecular weight excluding hydrogens is 294 g/mol. The summed E-state index contributed by atoms with van der Waals surface area (Å²) in [7, 11) is 0. The van der Waals surface area contributed by atoms with Gasteiger partial charge in [0.1, 0.15) is 0 Å². The quantitative estimate of drug-likeness (QED) is 0.612. The lowest BCUT2D eigenvalue weighted by Gasteiger charge is -2.06. The fourth-order valence-electron chi connectivity index (χ4n) is 1.97. The summed E-state index contributed by atoms with van der Waals surface area (Å²) in [4.78, 5) is 11.8. The SMILES string of the molecule is CCCOC(=O)c1cccc(CSCc2ccc(N)cc2)c1. The summed E-state index contributed by atoms with van der Waals surface area (Å²) in [6.07, 6.45) is 0.836. The van der Waals surface area contributed by atoms with E-state index >= 15 is 0 Å². The van der Waals surface area contributed by atoms with Crippen LogP contribution in [-0.2, 0) is 16.2 Å². The van der Waals surface area contributed by atoms with Gasteiger partial charge in [0.2, 0.25) is 0 Å². The topological polar surface area (TPSA) is 52.3 Å². The van der Waals surface area contributed by atoms with Gasteiger partial charge in [0, 0.05) is 17.2 Å². The normalized spacial score (nSPS) is 10.4. The van der Waals surface area contributed by atoms with E-state index in [2.05, 4.69) is 0 Å². The average Bonchev–Trinajstić information content (AvgIpc) is 2.55. The highest BCUT2D eigenvalue weighted by atomic mass is 32.2. The first-order valence-corrected chi connectivity index (χ1v) is 8.52. The van der Waals surface area contributed by atoms with E-state index in [0.717, 1.165) is 29.2 Å². The van der Waals surface area contributed by atoms with Crippen LogP contribution in [0, 0.1) is 0 Å². The highest BCUT2D eigenvalue weighted by Crippen LogP contribution is 2.19. The molecule has 2 aromatic rings. The number of rotatable bonds is 7. The minimum absolute atomic E-state index is 0.243. The molecule has 3 nitrogen and oxygen atoms in total. The number of benzene rings is 2. The van der Waals surface area contributed by atoms with Crippen molar-refractivity contribution in [3.05, 3.63) is 65.2 Å². The molecule has 0 unspecified atom stereocenters. The molecule has 4 heteroatoms. The Morgan fingerprint density at radius 1 is 1.09 bits per heavy atom. The molecule has 2 N–H and O–H groups in total. The Kier molecular flexibility index (Phi) is 6.34. The second-order valence-electron chi connectivity index (χ2n) is 5.07. The molecular formula is C18H21NO2S. The van der Waals surface area contributed by atoms with Gasteiger partial charge in [-0.2, -0.15) is 11.8 Å². The summed E-state index contributed by atoms with van der Waals surface area (Å²) < 4.78 is 5.16. The summed E-state index contributed by atoms with van der Waals surface area (Å²) in [5.74, 6) is 1.54. The van der Waals surface area contributed by atoms with Crippen molar-refractivity contribution < 1.29 is 9.53 Å². The van der Waals surface area contributed by atoms with Crippen LogP contribution in [0.25, 0.3) is 0 Å². The molecule has 0 bridgehead atoms. The lowest BCUT2D eigenvalue weighted by molar-refractivity contribution is 0.0505. The molecule has 2 rings (SSSR count). The van der Waals surface area contributed by atoms with Crippen molar-refractivity contribution in [2.75, 3.05) is 12.3 Å². The smallest absolute Gasteiger partial charge is 0.338 e. The first kappa shape index (κ1) is 16.4. The number of anilines is 1. The van der Waals surface area contributed by atoms with Gasteiger partial charge < -0.3 is 10.5 Å². The number of hydrogen-bond donors (Lipinski definition) is 1. The minimum atomic E-state index is -0.243. The highest BCUT2D eigenvalue weighted by molar-refractivity contribution is 7.97. The zero-order valence-corrected chi connectivity index (χ0v) is 13.6. The molecule has 0 aliphatic rings. The molecule has 0 heterocycles. The van der Waals surface area contributed by atoms with Crippen molar-refractivity contribution in [3.8, 4) is 0 Å². The van der Waals surface area contributed by atoms with E-state index in [4.69, 9.17) is 10.5 Å². The molecule has 0 aliphatic carbocycles. The van der Waals surface area contributed by atoms with Crippen LogP contribution >= 0.6 is 11.8 Å². The molecule has 0 aliphatic heterocycles. The van der Waals surface area contributed by atoms with Gasteiger partial charge in [0.15, 0.2) is 0 Å². The third kappa shape index (κ3) is 5.11. The first-order valence-electron chi connectivity index (χ1n) is 7.37. The molecule has 0 saturated heterocycles. The first-order chi connectivity index (χ1) is 10.7. The van der Waals surface area contributed by atoms with E-state index in [9.17, 15) is 4.79 Å². The van der Waals surface area contributed by atoms with Crippen molar-refractivity contribution in [1.29, 1.82) is 0 Å². The average molecular weight is 315 g/mol. The summed E-state index contributed by atoms with van der Waals surface area (Å²) in [5.41, 5.74) is 9.46. The molecule has 0 spiro atoms. The number of nitrogen functional groups attached to an aromatic ring is 1. The number of carbonyl (C=O) groups is 1. The predicted octanol–water partition coefficient (Wildman–Crippen LogP) is 4.27. The van der Waals surface area contributed by atoms with Crippen LogP contribution in [0.15, 0.2) is 48.5 Å². The van der Waals surface area contributed by atoms with Crippen molar-refractivity contribution >= 4 is 23.4 Å². The third-order valence-electron chi connectivity index (χ3n) is 3.12. The molecule has 0 amide bonds. The van der Waals surface area contributed by atoms with Crippen LogP contribution in [0.2, 0.25) is 0 Å². The van der Waals surface area contributed by atoms with E-state index < -0.39 is 0 Å². The van der Waals surface area contributed by atoms with Gasteiger partial charge in [0.25, 0.3) is 0 Å². The van der Waals surface area contributed by atoms with Crippen molar-refractivity contribution in [3.63, 3.8) is 0 Å². The molecule has 0 aromatic heterocycles. The Hall–Kier alpha value is -1.94. The van der Waals surface area contributed by atoms with E-state index in [1.54, 1.807) is 6.07 Å². The minimum Gasteiger partial charge on any atom is -0.462 e. The number of nitrogens with two attached hydrogens (primary N) is 1. The molecule has 116 valence electrons. The Balaban J connectivity index is 1.87. The fourth-order valence-corrected chi connectivity index (χ4v) is 2.91. The van der Waals surface area contributed by atoms with Crippen molar-refractivity contribution in [2.24, 2.45) is 0 Å². The zero-order chi connectivity index (χ0) is 15.8.